The van der Waals surface area contributed by atoms with Gasteiger partial charge in [0.2, 0.25) is 0 Å². The smallest absolute Gasteiger partial charge is 0.138 e. The summed E-state index contributed by atoms with van der Waals surface area (Å²) in [5.41, 5.74) is 0. The molecule has 0 aliphatic rings. The number of thiophene rings is 1. The van der Waals surface area contributed by atoms with Crippen LogP contribution in [0.25, 0.3) is 10.2 Å². The largest absolute Gasteiger partial charge is 0.368 e. The summed E-state index contributed by atoms with van der Waals surface area (Å²) in [6.07, 6.45) is 1.61. The van der Waals surface area contributed by atoms with Crippen molar-refractivity contribution in [1.29, 1.82) is 0 Å². The van der Waals surface area contributed by atoms with E-state index in [9.17, 15) is 0 Å². The molecule has 0 saturated heterocycles. The maximum atomic E-state index is 4.28. The molecule has 4 nitrogen and oxygen atoms in total. The number of hydrogen-bond acceptors (Lipinski definition) is 5. The molecule has 0 amide bonds. The van der Waals surface area contributed by atoms with Crippen molar-refractivity contribution < 1.29 is 0 Å². The first-order valence-corrected chi connectivity index (χ1v) is 6.15. The molecule has 16 heavy (non-hydrogen) atoms. The normalized spacial score (nSPS) is 13.2. The second-order valence-electron chi connectivity index (χ2n) is 4.06. The van der Waals surface area contributed by atoms with Crippen molar-refractivity contribution in [3.8, 4) is 0 Å². The van der Waals surface area contributed by atoms with E-state index in [0.717, 1.165) is 22.6 Å². The summed E-state index contributed by atoms with van der Waals surface area (Å²) in [4.78, 5) is 11.7. The fraction of sp³-hybridized carbons (Fsp3) is 0.455. The van der Waals surface area contributed by atoms with Crippen LogP contribution >= 0.6 is 11.3 Å². The van der Waals surface area contributed by atoms with Gasteiger partial charge in [0.15, 0.2) is 0 Å². The molecular formula is C11H16N4S. The van der Waals surface area contributed by atoms with Gasteiger partial charge >= 0.3 is 0 Å². The van der Waals surface area contributed by atoms with E-state index in [4.69, 9.17) is 0 Å². The number of nitrogens with one attached hydrogen (secondary N) is 1. The number of fused-ring (bicyclic) bond motifs is 1. The van der Waals surface area contributed by atoms with Gasteiger partial charge in [-0.2, -0.15) is 0 Å². The molecule has 5 heteroatoms. The predicted octanol–water partition coefficient (Wildman–Crippen LogP) is 2.05. The summed E-state index contributed by atoms with van der Waals surface area (Å²) in [5, 5.41) is 6.52. The van der Waals surface area contributed by atoms with Crippen LogP contribution in [0.5, 0.6) is 0 Å². The van der Waals surface area contributed by atoms with Gasteiger partial charge in [-0.25, -0.2) is 9.97 Å². The maximum Gasteiger partial charge on any atom is 0.138 e. The fourth-order valence-electron chi connectivity index (χ4n) is 1.36. The van der Waals surface area contributed by atoms with Crippen molar-refractivity contribution in [1.82, 2.24) is 14.9 Å². The van der Waals surface area contributed by atoms with E-state index in [-0.39, 0.29) is 0 Å². The van der Waals surface area contributed by atoms with Gasteiger partial charge in [-0.05, 0) is 32.5 Å². The summed E-state index contributed by atoms with van der Waals surface area (Å²) < 4.78 is 0. The zero-order valence-electron chi connectivity index (χ0n) is 9.77. The molecule has 2 aromatic heterocycles. The van der Waals surface area contributed by atoms with Crippen LogP contribution in [-0.4, -0.2) is 41.5 Å². The van der Waals surface area contributed by atoms with E-state index in [0.29, 0.717) is 6.04 Å². The van der Waals surface area contributed by atoms with E-state index in [1.54, 1.807) is 17.7 Å². The molecule has 0 radical (unpaired) electrons. The van der Waals surface area contributed by atoms with Crippen LogP contribution in [0, 0.1) is 0 Å². The Morgan fingerprint density at radius 1 is 1.44 bits per heavy atom. The predicted molar refractivity (Wildman–Crippen MR) is 69.1 cm³/mol. The highest BCUT2D eigenvalue weighted by atomic mass is 32.1. The van der Waals surface area contributed by atoms with E-state index >= 15 is 0 Å². The molecule has 0 aliphatic heterocycles. The third-order valence-corrected chi connectivity index (χ3v) is 3.53. The lowest BCUT2D eigenvalue weighted by atomic mass is 10.3. The molecule has 1 atom stereocenters. The van der Waals surface area contributed by atoms with E-state index in [1.165, 1.54) is 0 Å². The number of aromatic nitrogens is 2. The Hall–Kier alpha value is -1.20. The van der Waals surface area contributed by atoms with Gasteiger partial charge in [0.05, 0.1) is 5.39 Å². The Balaban J connectivity index is 2.12. The third kappa shape index (κ3) is 2.31. The Morgan fingerprint density at radius 3 is 3.00 bits per heavy atom. The number of rotatable bonds is 4. The van der Waals surface area contributed by atoms with Gasteiger partial charge in [-0.3, -0.25) is 0 Å². The number of nitrogens with zero attached hydrogens (tertiary/aromatic N) is 3. The SMILES string of the molecule is CC(CNc1ncnc2sccc12)N(C)C. The van der Waals surface area contributed by atoms with Gasteiger partial charge in [-0.1, -0.05) is 0 Å². The first kappa shape index (κ1) is 11.3. The molecule has 1 unspecified atom stereocenters. The third-order valence-electron chi connectivity index (χ3n) is 2.71. The topological polar surface area (TPSA) is 41.1 Å². The minimum absolute atomic E-state index is 0.476. The van der Waals surface area contributed by atoms with E-state index in [2.05, 4.69) is 47.3 Å². The van der Waals surface area contributed by atoms with Crippen molar-refractivity contribution in [2.24, 2.45) is 0 Å². The van der Waals surface area contributed by atoms with Crippen LogP contribution in [0.4, 0.5) is 5.82 Å². The van der Waals surface area contributed by atoms with Gasteiger partial charge in [-0.15, -0.1) is 11.3 Å². The van der Waals surface area contributed by atoms with Crippen molar-refractivity contribution in [3.63, 3.8) is 0 Å². The molecule has 0 aliphatic carbocycles. The molecule has 1 N–H and O–H groups in total. The number of anilines is 1. The van der Waals surface area contributed by atoms with Crippen molar-refractivity contribution in [2.45, 2.75) is 13.0 Å². The average Bonchev–Trinajstić information content (AvgIpc) is 2.73. The molecule has 86 valence electrons. The van der Waals surface area contributed by atoms with E-state index < -0.39 is 0 Å². The van der Waals surface area contributed by atoms with Crippen molar-refractivity contribution in [3.05, 3.63) is 17.8 Å². The summed E-state index contributed by atoms with van der Waals surface area (Å²) in [5.74, 6) is 0.931. The Kier molecular flexibility index (Phi) is 3.36. The summed E-state index contributed by atoms with van der Waals surface area (Å²) in [6, 6.07) is 2.53. The van der Waals surface area contributed by atoms with Gasteiger partial charge < -0.3 is 10.2 Å². The molecule has 0 spiro atoms. The van der Waals surface area contributed by atoms with Crippen LogP contribution < -0.4 is 5.32 Å². The first-order chi connectivity index (χ1) is 7.68. The highest BCUT2D eigenvalue weighted by Crippen LogP contribution is 2.23. The minimum Gasteiger partial charge on any atom is -0.368 e. The first-order valence-electron chi connectivity index (χ1n) is 5.27. The van der Waals surface area contributed by atoms with Crippen LogP contribution in [0.15, 0.2) is 17.8 Å². The van der Waals surface area contributed by atoms with Gasteiger partial charge in [0.1, 0.15) is 17.0 Å². The molecule has 2 aromatic rings. The zero-order valence-corrected chi connectivity index (χ0v) is 10.6. The average molecular weight is 236 g/mol. The molecule has 0 saturated carbocycles. The second-order valence-corrected chi connectivity index (χ2v) is 4.95. The molecule has 2 heterocycles. The summed E-state index contributed by atoms with van der Waals surface area (Å²) >= 11 is 1.64. The highest BCUT2D eigenvalue weighted by Gasteiger charge is 2.07. The van der Waals surface area contributed by atoms with E-state index in [1.807, 2.05) is 5.38 Å². The fourth-order valence-corrected chi connectivity index (χ4v) is 2.09. The van der Waals surface area contributed by atoms with Crippen LogP contribution in [-0.2, 0) is 0 Å². The Bertz CT molecular complexity index is 466. The lowest BCUT2D eigenvalue weighted by molar-refractivity contribution is 0.326. The molecule has 0 bridgehead atoms. The van der Waals surface area contributed by atoms with Crippen LogP contribution in [0.2, 0.25) is 0 Å². The van der Waals surface area contributed by atoms with Crippen molar-refractivity contribution in [2.75, 3.05) is 26.0 Å². The molecule has 2 rings (SSSR count). The zero-order chi connectivity index (χ0) is 11.5. The second kappa shape index (κ2) is 4.76. The quantitative estimate of drug-likeness (QED) is 0.882. The monoisotopic (exact) mass is 236 g/mol. The number of likely N-dealkylation sites (N-methyl/N-ethyl adjacent to an activating group) is 1. The van der Waals surface area contributed by atoms with Crippen molar-refractivity contribution >= 4 is 27.4 Å². The summed E-state index contributed by atoms with van der Waals surface area (Å²) in [7, 11) is 4.15. The molecular weight excluding hydrogens is 220 g/mol. The standard InChI is InChI=1S/C11H16N4S/c1-8(15(2)3)6-12-10-9-4-5-16-11(9)14-7-13-10/h4-5,7-8H,6H2,1-3H3,(H,12,13,14). The lowest BCUT2D eigenvalue weighted by Gasteiger charge is -2.20. The Labute approximate surface area is 99.3 Å². The minimum atomic E-state index is 0.476. The van der Waals surface area contributed by atoms with Crippen LogP contribution in [0.3, 0.4) is 0 Å². The van der Waals surface area contributed by atoms with Gasteiger partial charge in [0, 0.05) is 12.6 Å². The molecule has 0 fully saturated rings. The highest BCUT2D eigenvalue weighted by molar-refractivity contribution is 7.16. The van der Waals surface area contributed by atoms with Gasteiger partial charge in [0.25, 0.3) is 0 Å². The number of hydrogen-bond donors (Lipinski definition) is 1. The van der Waals surface area contributed by atoms with Crippen LogP contribution in [0.1, 0.15) is 6.92 Å². The Morgan fingerprint density at radius 2 is 2.25 bits per heavy atom. The lowest BCUT2D eigenvalue weighted by Crippen LogP contribution is -2.31. The maximum absolute atomic E-state index is 4.28. The summed E-state index contributed by atoms with van der Waals surface area (Å²) in [6.45, 7) is 3.06. The molecule has 0 aromatic carbocycles.